The normalized spacial score (nSPS) is 11.2. The molecular formula is C11H15N3O3. The van der Waals surface area contributed by atoms with E-state index in [0.717, 1.165) is 0 Å². The van der Waals surface area contributed by atoms with E-state index in [-0.39, 0.29) is 11.7 Å². The van der Waals surface area contributed by atoms with Crippen molar-refractivity contribution in [1.82, 2.24) is 5.32 Å². The molecule has 0 radical (unpaired) electrons. The van der Waals surface area contributed by atoms with Crippen molar-refractivity contribution in [3.63, 3.8) is 0 Å². The van der Waals surface area contributed by atoms with Crippen molar-refractivity contribution >= 4 is 11.7 Å². The van der Waals surface area contributed by atoms with Gasteiger partial charge < -0.3 is 21.0 Å². The third-order valence-electron chi connectivity index (χ3n) is 2.12. The highest BCUT2D eigenvalue weighted by Crippen LogP contribution is 2.04. The van der Waals surface area contributed by atoms with Gasteiger partial charge in [-0.3, -0.25) is 4.79 Å². The lowest BCUT2D eigenvalue weighted by Gasteiger charge is -2.05. The van der Waals surface area contributed by atoms with E-state index in [1.54, 1.807) is 31.4 Å². The van der Waals surface area contributed by atoms with E-state index in [0.29, 0.717) is 24.3 Å². The van der Waals surface area contributed by atoms with Crippen molar-refractivity contribution in [2.24, 2.45) is 10.9 Å². The van der Waals surface area contributed by atoms with Crippen molar-refractivity contribution in [2.75, 3.05) is 20.3 Å². The summed E-state index contributed by atoms with van der Waals surface area (Å²) >= 11 is 0. The first-order valence-corrected chi connectivity index (χ1v) is 5.04. The fourth-order valence-corrected chi connectivity index (χ4v) is 1.25. The van der Waals surface area contributed by atoms with Gasteiger partial charge in [0.2, 0.25) is 0 Å². The molecule has 0 aliphatic carbocycles. The lowest BCUT2D eigenvalue weighted by molar-refractivity contribution is 0.0937. The lowest BCUT2D eigenvalue weighted by atomic mass is 10.1. The Morgan fingerprint density at radius 3 is 2.88 bits per heavy atom. The van der Waals surface area contributed by atoms with Gasteiger partial charge in [-0.1, -0.05) is 17.3 Å². The number of ether oxygens (including phenoxy) is 1. The highest BCUT2D eigenvalue weighted by molar-refractivity contribution is 6.01. The van der Waals surface area contributed by atoms with Crippen LogP contribution in [0.15, 0.2) is 29.4 Å². The molecule has 0 fully saturated rings. The van der Waals surface area contributed by atoms with Crippen LogP contribution in [0.3, 0.4) is 0 Å². The van der Waals surface area contributed by atoms with Crippen LogP contribution >= 0.6 is 0 Å². The van der Waals surface area contributed by atoms with Crippen molar-refractivity contribution in [3.05, 3.63) is 35.4 Å². The van der Waals surface area contributed by atoms with Crippen molar-refractivity contribution in [3.8, 4) is 0 Å². The van der Waals surface area contributed by atoms with Crippen LogP contribution in [0.2, 0.25) is 0 Å². The number of rotatable bonds is 5. The summed E-state index contributed by atoms with van der Waals surface area (Å²) in [6, 6.07) is 6.52. The minimum Gasteiger partial charge on any atom is -0.409 e. The van der Waals surface area contributed by atoms with Crippen molar-refractivity contribution in [2.45, 2.75) is 0 Å². The average Bonchev–Trinajstić information content (AvgIpc) is 2.38. The molecule has 0 unspecified atom stereocenters. The Bertz CT molecular complexity index is 418. The average molecular weight is 237 g/mol. The summed E-state index contributed by atoms with van der Waals surface area (Å²) < 4.78 is 4.82. The van der Waals surface area contributed by atoms with Crippen LogP contribution in [0.25, 0.3) is 0 Å². The summed E-state index contributed by atoms with van der Waals surface area (Å²) in [5.74, 6) is -0.258. The summed E-state index contributed by atoms with van der Waals surface area (Å²) in [6.45, 7) is 0.884. The first-order chi connectivity index (χ1) is 8.19. The summed E-state index contributed by atoms with van der Waals surface area (Å²) in [5, 5.41) is 14.1. The molecule has 6 heteroatoms. The first kappa shape index (κ1) is 13.0. The smallest absolute Gasteiger partial charge is 0.251 e. The molecule has 0 aliphatic heterocycles. The number of methoxy groups -OCH3 is 1. The summed E-state index contributed by atoms with van der Waals surface area (Å²) in [5.41, 5.74) is 6.38. The molecule has 0 heterocycles. The number of amidine groups is 1. The number of oxime groups is 1. The van der Waals surface area contributed by atoms with Crippen LogP contribution < -0.4 is 11.1 Å². The molecule has 0 aromatic heterocycles. The third-order valence-corrected chi connectivity index (χ3v) is 2.12. The second-order valence-corrected chi connectivity index (χ2v) is 3.31. The Balaban J connectivity index is 2.74. The molecule has 0 atom stereocenters. The number of carbonyl (C=O) groups is 1. The van der Waals surface area contributed by atoms with Gasteiger partial charge in [-0.05, 0) is 12.1 Å². The van der Waals surface area contributed by atoms with Crippen LogP contribution in [0.4, 0.5) is 0 Å². The number of carbonyl (C=O) groups excluding carboxylic acids is 1. The molecule has 1 aromatic rings. The number of hydrogen-bond donors (Lipinski definition) is 3. The van der Waals surface area contributed by atoms with Crippen LogP contribution in [0, 0.1) is 0 Å². The van der Waals surface area contributed by atoms with Gasteiger partial charge in [-0.25, -0.2) is 0 Å². The zero-order chi connectivity index (χ0) is 12.7. The molecule has 17 heavy (non-hydrogen) atoms. The van der Waals surface area contributed by atoms with E-state index in [1.165, 1.54) is 0 Å². The quantitative estimate of drug-likeness (QED) is 0.223. The molecule has 0 bridgehead atoms. The molecular weight excluding hydrogens is 222 g/mol. The van der Waals surface area contributed by atoms with E-state index in [1.807, 2.05) is 0 Å². The van der Waals surface area contributed by atoms with Crippen LogP contribution in [0.1, 0.15) is 15.9 Å². The van der Waals surface area contributed by atoms with E-state index >= 15 is 0 Å². The number of amides is 1. The molecule has 0 aliphatic rings. The molecule has 4 N–H and O–H groups in total. The highest BCUT2D eigenvalue weighted by Gasteiger charge is 2.07. The van der Waals surface area contributed by atoms with Crippen molar-refractivity contribution in [1.29, 1.82) is 0 Å². The Morgan fingerprint density at radius 1 is 1.53 bits per heavy atom. The van der Waals surface area contributed by atoms with E-state index in [2.05, 4.69) is 10.5 Å². The van der Waals surface area contributed by atoms with Crippen molar-refractivity contribution < 1.29 is 14.7 Å². The third kappa shape index (κ3) is 3.76. The largest absolute Gasteiger partial charge is 0.409 e. The van der Waals surface area contributed by atoms with Gasteiger partial charge in [-0.15, -0.1) is 0 Å². The minimum atomic E-state index is -0.227. The van der Waals surface area contributed by atoms with Gasteiger partial charge >= 0.3 is 0 Å². The lowest BCUT2D eigenvalue weighted by Crippen LogP contribution is -2.27. The zero-order valence-electron chi connectivity index (χ0n) is 9.51. The van der Waals surface area contributed by atoms with Crippen LogP contribution in [0.5, 0.6) is 0 Å². The molecule has 0 saturated carbocycles. The number of nitrogens with zero attached hydrogens (tertiary/aromatic N) is 1. The molecule has 92 valence electrons. The summed E-state index contributed by atoms with van der Waals surface area (Å²) in [4.78, 5) is 11.7. The monoisotopic (exact) mass is 237 g/mol. The summed E-state index contributed by atoms with van der Waals surface area (Å²) in [6.07, 6.45) is 0. The van der Waals surface area contributed by atoms with E-state index in [9.17, 15) is 4.79 Å². The maximum absolute atomic E-state index is 11.7. The zero-order valence-corrected chi connectivity index (χ0v) is 9.51. The molecule has 0 saturated heterocycles. The fraction of sp³-hybridized carbons (Fsp3) is 0.273. The second kappa shape index (κ2) is 6.49. The number of benzene rings is 1. The Morgan fingerprint density at radius 2 is 2.24 bits per heavy atom. The SMILES string of the molecule is COCCNC(=O)c1cccc(/C(N)=N/O)c1. The maximum Gasteiger partial charge on any atom is 0.251 e. The molecule has 1 rings (SSSR count). The van der Waals surface area contributed by atoms with Gasteiger partial charge in [0.15, 0.2) is 5.84 Å². The Labute approximate surface area is 99.1 Å². The fourth-order valence-electron chi connectivity index (χ4n) is 1.25. The Hall–Kier alpha value is -2.08. The van der Waals surface area contributed by atoms with Crippen LogP contribution in [-0.2, 0) is 4.74 Å². The Kier molecular flexibility index (Phi) is 4.96. The first-order valence-electron chi connectivity index (χ1n) is 5.04. The topological polar surface area (TPSA) is 96.9 Å². The van der Waals surface area contributed by atoms with Gasteiger partial charge in [-0.2, -0.15) is 0 Å². The number of nitrogens with one attached hydrogen (secondary N) is 1. The van der Waals surface area contributed by atoms with Gasteiger partial charge in [0.1, 0.15) is 0 Å². The van der Waals surface area contributed by atoms with Crippen LogP contribution in [-0.4, -0.2) is 37.2 Å². The molecule has 1 amide bonds. The molecule has 6 nitrogen and oxygen atoms in total. The molecule has 0 spiro atoms. The predicted octanol–water partition coefficient (Wildman–Crippen LogP) is 0.157. The van der Waals surface area contributed by atoms with Gasteiger partial charge in [0.05, 0.1) is 6.61 Å². The minimum absolute atomic E-state index is 0.0310. The second-order valence-electron chi connectivity index (χ2n) is 3.31. The molecule has 1 aromatic carbocycles. The van der Waals surface area contributed by atoms with E-state index in [4.69, 9.17) is 15.7 Å². The predicted molar refractivity (Wildman–Crippen MR) is 63.2 cm³/mol. The van der Waals surface area contributed by atoms with E-state index < -0.39 is 0 Å². The highest BCUT2D eigenvalue weighted by atomic mass is 16.5. The maximum atomic E-state index is 11.7. The number of hydrogen-bond acceptors (Lipinski definition) is 4. The van der Waals surface area contributed by atoms with Gasteiger partial charge in [0.25, 0.3) is 5.91 Å². The standard InChI is InChI=1S/C11H15N3O3/c1-17-6-5-13-11(15)9-4-2-3-8(7-9)10(12)14-16/h2-4,7,16H,5-6H2,1H3,(H2,12,14)(H,13,15). The summed E-state index contributed by atoms with van der Waals surface area (Å²) in [7, 11) is 1.56. The number of nitrogens with two attached hydrogens (primary N) is 1. The van der Waals surface area contributed by atoms with Gasteiger partial charge in [0, 0.05) is 24.8 Å².